The quantitative estimate of drug-likeness (QED) is 0.435. The molecule has 6 rings (SSSR count). The first kappa shape index (κ1) is 20.8. The molecule has 4 aromatic heterocycles. The highest BCUT2D eigenvalue weighted by Gasteiger charge is 2.27. The van der Waals surface area contributed by atoms with Gasteiger partial charge in [-0.15, -0.1) is 10.2 Å². The van der Waals surface area contributed by atoms with Crippen LogP contribution in [0.3, 0.4) is 0 Å². The number of aryl methyl sites for hydroxylation is 1. The number of nitrogens with one attached hydrogen (secondary N) is 2. The number of aromatic nitrogens is 7. The second-order valence-corrected chi connectivity index (χ2v) is 9.31. The van der Waals surface area contributed by atoms with Gasteiger partial charge in [-0.2, -0.15) is 0 Å². The average molecular weight is 458 g/mol. The van der Waals surface area contributed by atoms with Crippen LogP contribution in [0, 0.1) is 5.92 Å². The van der Waals surface area contributed by atoms with Crippen molar-refractivity contribution in [1.29, 1.82) is 0 Å². The molecule has 1 unspecified atom stereocenters. The molecule has 10 heteroatoms. The van der Waals surface area contributed by atoms with Gasteiger partial charge in [-0.1, -0.05) is 0 Å². The van der Waals surface area contributed by atoms with Crippen LogP contribution in [-0.4, -0.2) is 46.9 Å². The van der Waals surface area contributed by atoms with E-state index in [0.29, 0.717) is 35.2 Å². The molecular weight excluding hydrogens is 430 g/mol. The minimum atomic E-state index is -0.135. The van der Waals surface area contributed by atoms with Crippen LogP contribution in [-0.2, 0) is 7.05 Å². The standard InChI is InChI=1S/C24H27N9O/c1-32-20-3-2-10-25-22(20)33(24(32)34)18-8-9-21(26-13-18)29-17-7-4-15(11-17)12-27-23-28-14-19(30-31-23)16-5-6-16/h2-3,8-10,13-17H,4-7,11-12H2,1H3,(H,26,29)(H,27,28,31)/t15?,17-/m0/s1. The summed E-state index contributed by atoms with van der Waals surface area (Å²) in [6.45, 7) is 0.839. The number of anilines is 2. The van der Waals surface area contributed by atoms with Gasteiger partial charge in [-0.05, 0) is 62.3 Å². The van der Waals surface area contributed by atoms with E-state index in [2.05, 4.69) is 35.8 Å². The number of fused-ring (bicyclic) bond motifs is 1. The van der Waals surface area contributed by atoms with Gasteiger partial charge < -0.3 is 10.6 Å². The maximum absolute atomic E-state index is 12.7. The van der Waals surface area contributed by atoms with Gasteiger partial charge in [0.05, 0.1) is 29.3 Å². The fourth-order valence-electron chi connectivity index (χ4n) is 4.77. The average Bonchev–Trinajstić information content (AvgIpc) is 3.58. The number of hydrogen-bond donors (Lipinski definition) is 2. The van der Waals surface area contributed by atoms with Crippen molar-refractivity contribution in [2.45, 2.75) is 44.1 Å². The second kappa shape index (κ2) is 8.51. The lowest BCUT2D eigenvalue weighted by molar-refractivity contribution is 0.569. The lowest BCUT2D eigenvalue weighted by atomic mass is 10.1. The van der Waals surface area contributed by atoms with E-state index < -0.39 is 0 Å². The van der Waals surface area contributed by atoms with Crippen molar-refractivity contribution in [3.8, 4) is 5.69 Å². The van der Waals surface area contributed by atoms with Crippen LogP contribution in [0.2, 0.25) is 0 Å². The van der Waals surface area contributed by atoms with E-state index in [1.165, 1.54) is 12.8 Å². The fraction of sp³-hybridized carbons (Fsp3) is 0.417. The van der Waals surface area contributed by atoms with Crippen molar-refractivity contribution in [1.82, 2.24) is 34.3 Å². The summed E-state index contributed by atoms with van der Waals surface area (Å²) in [5.74, 6) is 2.54. The molecule has 34 heavy (non-hydrogen) atoms. The van der Waals surface area contributed by atoms with Gasteiger partial charge in [-0.3, -0.25) is 4.57 Å². The Morgan fingerprint density at radius 2 is 1.94 bits per heavy atom. The highest BCUT2D eigenvalue weighted by molar-refractivity contribution is 5.73. The number of rotatable bonds is 7. The van der Waals surface area contributed by atoms with Crippen LogP contribution < -0.4 is 16.3 Å². The Hall–Kier alpha value is -3.82. The topological polar surface area (TPSA) is 115 Å². The Morgan fingerprint density at radius 3 is 2.71 bits per heavy atom. The molecule has 2 aliphatic rings. The Bertz CT molecular complexity index is 1360. The molecule has 0 aliphatic heterocycles. The van der Waals surface area contributed by atoms with E-state index in [1.807, 2.05) is 30.5 Å². The smallest absolute Gasteiger partial charge is 0.334 e. The summed E-state index contributed by atoms with van der Waals surface area (Å²) < 4.78 is 3.20. The minimum Gasteiger partial charge on any atom is -0.367 e. The zero-order chi connectivity index (χ0) is 23.1. The van der Waals surface area contributed by atoms with Crippen LogP contribution in [0.5, 0.6) is 0 Å². The predicted molar refractivity (Wildman–Crippen MR) is 129 cm³/mol. The zero-order valence-electron chi connectivity index (χ0n) is 19.1. The zero-order valence-corrected chi connectivity index (χ0v) is 19.1. The van der Waals surface area contributed by atoms with Gasteiger partial charge >= 0.3 is 5.69 Å². The van der Waals surface area contributed by atoms with Gasteiger partial charge in [-0.25, -0.2) is 24.3 Å². The van der Waals surface area contributed by atoms with Crippen molar-refractivity contribution in [2.24, 2.45) is 13.0 Å². The first-order chi connectivity index (χ1) is 16.7. The van der Waals surface area contributed by atoms with Crippen molar-refractivity contribution < 1.29 is 0 Å². The third kappa shape index (κ3) is 4.00. The molecule has 174 valence electrons. The van der Waals surface area contributed by atoms with Crippen LogP contribution in [0.4, 0.5) is 11.8 Å². The summed E-state index contributed by atoms with van der Waals surface area (Å²) in [5, 5.41) is 15.4. The second-order valence-electron chi connectivity index (χ2n) is 9.31. The monoisotopic (exact) mass is 457 g/mol. The van der Waals surface area contributed by atoms with Gasteiger partial charge in [0.25, 0.3) is 0 Å². The molecule has 2 atom stereocenters. The summed E-state index contributed by atoms with van der Waals surface area (Å²) in [5.41, 5.74) is 3.00. The van der Waals surface area contributed by atoms with E-state index in [9.17, 15) is 4.79 Å². The molecule has 0 bridgehead atoms. The molecular formula is C24H27N9O. The van der Waals surface area contributed by atoms with Gasteiger partial charge in [0.2, 0.25) is 5.95 Å². The Labute approximate surface area is 196 Å². The summed E-state index contributed by atoms with van der Waals surface area (Å²) in [6.07, 6.45) is 10.9. The van der Waals surface area contributed by atoms with E-state index in [1.54, 1.807) is 28.6 Å². The molecule has 0 saturated heterocycles. The van der Waals surface area contributed by atoms with Crippen molar-refractivity contribution in [3.63, 3.8) is 0 Å². The van der Waals surface area contributed by atoms with E-state index in [-0.39, 0.29) is 5.69 Å². The number of pyridine rings is 2. The maximum atomic E-state index is 12.7. The SMILES string of the molecule is Cn1c(=O)n(-c2ccc(N[C@H]3CCC(CNc4ncc(C5CC5)nn4)C3)nc2)c2ncccc21. The molecule has 4 heterocycles. The van der Waals surface area contributed by atoms with Crippen LogP contribution in [0.25, 0.3) is 16.9 Å². The Balaban J connectivity index is 1.06. The van der Waals surface area contributed by atoms with E-state index in [0.717, 1.165) is 42.8 Å². The molecule has 0 spiro atoms. The lowest BCUT2D eigenvalue weighted by Crippen LogP contribution is -2.21. The van der Waals surface area contributed by atoms with E-state index >= 15 is 0 Å². The highest BCUT2D eigenvalue weighted by Crippen LogP contribution is 2.38. The van der Waals surface area contributed by atoms with Crippen molar-refractivity contribution >= 4 is 22.9 Å². The molecule has 2 saturated carbocycles. The molecule has 0 amide bonds. The first-order valence-corrected chi connectivity index (χ1v) is 11.8. The largest absolute Gasteiger partial charge is 0.367 e. The fourth-order valence-corrected chi connectivity index (χ4v) is 4.77. The van der Waals surface area contributed by atoms with E-state index in [4.69, 9.17) is 0 Å². The first-order valence-electron chi connectivity index (χ1n) is 11.8. The van der Waals surface area contributed by atoms with Crippen LogP contribution in [0.15, 0.2) is 47.7 Å². The van der Waals surface area contributed by atoms with Gasteiger partial charge in [0.15, 0.2) is 5.65 Å². The summed E-state index contributed by atoms with van der Waals surface area (Å²) in [7, 11) is 1.75. The van der Waals surface area contributed by atoms with Gasteiger partial charge in [0, 0.05) is 31.7 Å². The lowest BCUT2D eigenvalue weighted by Gasteiger charge is -2.15. The highest BCUT2D eigenvalue weighted by atomic mass is 16.1. The summed E-state index contributed by atoms with van der Waals surface area (Å²) in [6, 6.07) is 7.92. The normalized spacial score (nSPS) is 20.0. The van der Waals surface area contributed by atoms with Crippen LogP contribution >= 0.6 is 0 Å². The molecule has 10 nitrogen and oxygen atoms in total. The molecule has 0 radical (unpaired) electrons. The molecule has 4 aromatic rings. The summed E-state index contributed by atoms with van der Waals surface area (Å²) >= 11 is 0. The van der Waals surface area contributed by atoms with Crippen molar-refractivity contribution in [2.75, 3.05) is 17.2 Å². The molecule has 2 aliphatic carbocycles. The molecule has 0 aromatic carbocycles. The molecule has 2 N–H and O–H groups in total. The number of nitrogens with zero attached hydrogens (tertiary/aromatic N) is 7. The third-order valence-electron chi connectivity index (χ3n) is 6.84. The van der Waals surface area contributed by atoms with Crippen molar-refractivity contribution in [3.05, 3.63) is 59.0 Å². The summed E-state index contributed by atoms with van der Waals surface area (Å²) in [4.78, 5) is 26.1. The predicted octanol–water partition coefficient (Wildman–Crippen LogP) is 2.87. The number of hydrogen-bond acceptors (Lipinski definition) is 8. The Kier molecular flexibility index (Phi) is 5.20. The van der Waals surface area contributed by atoms with Crippen LogP contribution in [0.1, 0.15) is 43.7 Å². The maximum Gasteiger partial charge on any atom is 0.334 e. The number of imidazole rings is 1. The third-order valence-corrected chi connectivity index (χ3v) is 6.84. The Morgan fingerprint density at radius 1 is 1.03 bits per heavy atom. The van der Waals surface area contributed by atoms with Gasteiger partial charge in [0.1, 0.15) is 5.82 Å². The minimum absolute atomic E-state index is 0.135. The molecule has 2 fully saturated rings.